The lowest BCUT2D eigenvalue weighted by molar-refractivity contribution is -0.118. The van der Waals surface area contributed by atoms with Crippen molar-refractivity contribution in [1.82, 2.24) is 15.5 Å². The second-order valence-corrected chi connectivity index (χ2v) is 5.94. The molecule has 0 radical (unpaired) electrons. The number of ether oxygens (including phenoxy) is 2. The van der Waals surface area contributed by atoms with Gasteiger partial charge in [0.1, 0.15) is 6.04 Å². The van der Waals surface area contributed by atoms with E-state index in [1.54, 1.807) is 36.5 Å². The highest BCUT2D eigenvalue weighted by Gasteiger charge is 2.22. The van der Waals surface area contributed by atoms with E-state index in [0.717, 1.165) is 10.9 Å². The zero-order valence-corrected chi connectivity index (χ0v) is 14.1. The van der Waals surface area contributed by atoms with Crippen LogP contribution in [0.1, 0.15) is 10.4 Å². The van der Waals surface area contributed by atoms with E-state index in [4.69, 9.17) is 9.47 Å². The van der Waals surface area contributed by atoms with Crippen LogP contribution in [-0.4, -0.2) is 46.6 Å². The molecule has 0 bridgehead atoms. The second kappa shape index (κ2) is 6.96. The van der Waals surface area contributed by atoms with Crippen LogP contribution in [0.15, 0.2) is 42.6 Å². The van der Waals surface area contributed by atoms with Crippen LogP contribution < -0.4 is 20.1 Å². The highest BCUT2D eigenvalue weighted by atomic mass is 16.7. The average molecular weight is 368 g/mol. The number of fused-ring (bicyclic) bond motifs is 2. The van der Waals surface area contributed by atoms with Gasteiger partial charge in [-0.2, -0.15) is 5.10 Å². The Hall–Kier alpha value is -3.59. The number of benzene rings is 2. The van der Waals surface area contributed by atoms with Crippen molar-refractivity contribution in [2.24, 2.45) is 0 Å². The smallest absolute Gasteiger partial charge is 0.252 e. The largest absolute Gasteiger partial charge is 0.454 e. The molecule has 1 atom stereocenters. The van der Waals surface area contributed by atoms with E-state index in [-0.39, 0.29) is 6.79 Å². The maximum absolute atomic E-state index is 12.4. The topological polar surface area (TPSA) is 126 Å². The summed E-state index contributed by atoms with van der Waals surface area (Å²) >= 11 is 0. The van der Waals surface area contributed by atoms with E-state index in [9.17, 15) is 14.7 Å². The van der Waals surface area contributed by atoms with Crippen LogP contribution in [0.5, 0.6) is 11.5 Å². The van der Waals surface area contributed by atoms with Crippen LogP contribution in [0.4, 0.5) is 5.69 Å². The number of aliphatic hydroxyl groups is 1. The minimum Gasteiger partial charge on any atom is -0.454 e. The van der Waals surface area contributed by atoms with Gasteiger partial charge < -0.3 is 25.2 Å². The number of nitrogens with zero attached hydrogens (tertiary/aromatic N) is 1. The fourth-order valence-electron chi connectivity index (χ4n) is 2.72. The number of H-pyrrole nitrogens is 1. The van der Waals surface area contributed by atoms with Gasteiger partial charge in [-0.3, -0.25) is 14.7 Å². The minimum atomic E-state index is -1.11. The molecule has 3 aromatic rings. The van der Waals surface area contributed by atoms with Gasteiger partial charge in [-0.1, -0.05) is 0 Å². The Labute approximate surface area is 153 Å². The number of carbonyl (C=O) groups is 2. The summed E-state index contributed by atoms with van der Waals surface area (Å²) in [6, 6.07) is 8.81. The lowest BCUT2D eigenvalue weighted by Gasteiger charge is -2.16. The number of anilines is 1. The summed E-state index contributed by atoms with van der Waals surface area (Å²) in [5, 5.41) is 22.3. The summed E-state index contributed by atoms with van der Waals surface area (Å²) in [4.78, 5) is 24.8. The zero-order chi connectivity index (χ0) is 18.8. The molecule has 2 amide bonds. The number of aliphatic hydroxyl groups excluding tert-OH is 1. The third kappa shape index (κ3) is 3.40. The monoisotopic (exact) mass is 368 g/mol. The number of hydrogen-bond acceptors (Lipinski definition) is 6. The van der Waals surface area contributed by atoms with Crippen LogP contribution in [0.3, 0.4) is 0 Å². The number of aromatic nitrogens is 2. The second-order valence-electron chi connectivity index (χ2n) is 5.94. The molecule has 0 spiro atoms. The molecule has 2 heterocycles. The predicted molar refractivity (Wildman–Crippen MR) is 95.6 cm³/mol. The summed E-state index contributed by atoms with van der Waals surface area (Å²) < 4.78 is 10.4. The first-order valence-corrected chi connectivity index (χ1v) is 8.19. The third-order valence-electron chi connectivity index (χ3n) is 4.15. The molecular weight excluding hydrogens is 352 g/mol. The van der Waals surface area contributed by atoms with Gasteiger partial charge in [-0.05, 0) is 36.4 Å². The molecule has 0 saturated carbocycles. The Morgan fingerprint density at radius 3 is 2.89 bits per heavy atom. The Balaban J connectivity index is 1.44. The van der Waals surface area contributed by atoms with Gasteiger partial charge in [-0.25, -0.2) is 0 Å². The fourth-order valence-corrected chi connectivity index (χ4v) is 2.72. The molecule has 4 N–H and O–H groups in total. The fraction of sp³-hybridized carbons (Fsp3) is 0.167. The van der Waals surface area contributed by atoms with E-state index in [1.807, 2.05) is 0 Å². The van der Waals surface area contributed by atoms with Crippen LogP contribution in [0.25, 0.3) is 10.9 Å². The first-order chi connectivity index (χ1) is 13.1. The Morgan fingerprint density at radius 2 is 2.04 bits per heavy atom. The molecule has 9 nitrogen and oxygen atoms in total. The SMILES string of the molecule is O=C(N[C@@H](CO)C(=O)Nc1ccc2cn[nH]c2c1)c1ccc2c(c1)OCO2. The molecule has 0 fully saturated rings. The number of hydrogen-bond donors (Lipinski definition) is 4. The average Bonchev–Trinajstić information content (AvgIpc) is 3.33. The number of nitrogens with one attached hydrogen (secondary N) is 3. The summed E-state index contributed by atoms with van der Waals surface area (Å²) in [7, 11) is 0. The van der Waals surface area contributed by atoms with E-state index < -0.39 is 24.5 Å². The Morgan fingerprint density at radius 1 is 1.19 bits per heavy atom. The van der Waals surface area contributed by atoms with Gasteiger partial charge in [0.05, 0.1) is 18.3 Å². The quantitative estimate of drug-likeness (QED) is 0.533. The van der Waals surface area contributed by atoms with E-state index in [2.05, 4.69) is 20.8 Å². The van der Waals surface area contributed by atoms with Gasteiger partial charge in [-0.15, -0.1) is 0 Å². The van der Waals surface area contributed by atoms with Gasteiger partial charge >= 0.3 is 0 Å². The van der Waals surface area contributed by atoms with Crippen molar-refractivity contribution < 1.29 is 24.2 Å². The molecule has 138 valence electrons. The van der Waals surface area contributed by atoms with Gasteiger partial charge in [0.2, 0.25) is 12.7 Å². The number of carbonyl (C=O) groups excluding carboxylic acids is 2. The van der Waals surface area contributed by atoms with Crippen molar-refractivity contribution in [1.29, 1.82) is 0 Å². The minimum absolute atomic E-state index is 0.1000. The summed E-state index contributed by atoms with van der Waals surface area (Å²) in [6.45, 7) is -0.447. The van der Waals surface area contributed by atoms with Gasteiger partial charge in [0, 0.05) is 16.6 Å². The summed E-state index contributed by atoms with van der Waals surface area (Å²) in [6.07, 6.45) is 1.67. The van der Waals surface area contributed by atoms with Crippen molar-refractivity contribution >= 4 is 28.4 Å². The van der Waals surface area contributed by atoms with Crippen LogP contribution >= 0.6 is 0 Å². The third-order valence-corrected chi connectivity index (χ3v) is 4.15. The molecule has 4 rings (SSSR count). The molecule has 0 saturated heterocycles. The van der Waals surface area contributed by atoms with Crippen molar-refractivity contribution in [3.05, 3.63) is 48.2 Å². The predicted octanol–water partition coefficient (Wildman–Crippen LogP) is 1.02. The molecule has 2 aromatic carbocycles. The molecule has 27 heavy (non-hydrogen) atoms. The summed E-state index contributed by atoms with van der Waals surface area (Å²) in [5.74, 6) is -0.0327. The highest BCUT2D eigenvalue weighted by Crippen LogP contribution is 2.32. The van der Waals surface area contributed by atoms with E-state index >= 15 is 0 Å². The maximum Gasteiger partial charge on any atom is 0.252 e. The number of rotatable bonds is 5. The zero-order valence-electron chi connectivity index (χ0n) is 14.1. The maximum atomic E-state index is 12.4. The van der Waals surface area contributed by atoms with Crippen molar-refractivity contribution in [3.63, 3.8) is 0 Å². The highest BCUT2D eigenvalue weighted by molar-refractivity contribution is 6.02. The molecule has 0 unspecified atom stereocenters. The van der Waals surface area contributed by atoms with E-state index in [1.165, 1.54) is 6.07 Å². The molecule has 1 aliphatic heterocycles. The Kier molecular flexibility index (Phi) is 4.35. The molecule has 0 aliphatic carbocycles. The van der Waals surface area contributed by atoms with Crippen molar-refractivity contribution in [3.8, 4) is 11.5 Å². The van der Waals surface area contributed by atoms with Crippen LogP contribution in [-0.2, 0) is 4.79 Å². The molecule has 1 aromatic heterocycles. The molecular formula is C18H16N4O5. The molecule has 9 heteroatoms. The van der Waals surface area contributed by atoms with E-state index in [0.29, 0.717) is 22.7 Å². The Bertz CT molecular complexity index is 1020. The first-order valence-electron chi connectivity index (χ1n) is 8.19. The lowest BCUT2D eigenvalue weighted by atomic mass is 10.1. The normalized spacial score (nSPS) is 13.4. The van der Waals surface area contributed by atoms with Gasteiger partial charge in [0.15, 0.2) is 11.5 Å². The van der Waals surface area contributed by atoms with Gasteiger partial charge in [0.25, 0.3) is 5.91 Å². The van der Waals surface area contributed by atoms with Crippen molar-refractivity contribution in [2.75, 3.05) is 18.7 Å². The molecule has 1 aliphatic rings. The number of aromatic amines is 1. The van der Waals surface area contributed by atoms with Crippen LogP contribution in [0.2, 0.25) is 0 Å². The first kappa shape index (κ1) is 16.9. The standard InChI is InChI=1S/C18H16N4O5/c23-8-14(18(25)20-12-3-1-11-7-19-22-13(11)6-12)21-17(24)10-2-4-15-16(5-10)27-9-26-15/h1-7,14,23H,8-9H2,(H,19,22)(H,20,25)(H,21,24)/t14-/m0/s1. The number of amides is 2. The lowest BCUT2D eigenvalue weighted by Crippen LogP contribution is -2.46. The van der Waals surface area contributed by atoms with Crippen LogP contribution in [0, 0.1) is 0 Å². The summed E-state index contributed by atoms with van der Waals surface area (Å²) in [5.41, 5.74) is 1.58. The van der Waals surface area contributed by atoms with Crippen molar-refractivity contribution in [2.45, 2.75) is 6.04 Å².